The number of fused-ring (bicyclic) bond motifs is 3. The summed E-state index contributed by atoms with van der Waals surface area (Å²) in [6.45, 7) is 4.10. The summed E-state index contributed by atoms with van der Waals surface area (Å²) in [6.07, 6.45) is 1.84. The second kappa shape index (κ2) is 4.45. The van der Waals surface area contributed by atoms with E-state index >= 15 is 0 Å². The molecule has 3 aromatic rings. The molecule has 0 saturated heterocycles. The van der Waals surface area contributed by atoms with Crippen LogP contribution in [0.5, 0.6) is 0 Å². The molecule has 2 aromatic heterocycles. The molecule has 20 heavy (non-hydrogen) atoms. The topological polar surface area (TPSA) is 39.8 Å². The van der Waals surface area contributed by atoms with E-state index in [0.717, 1.165) is 32.9 Å². The van der Waals surface area contributed by atoms with Gasteiger partial charge in [0.05, 0.1) is 6.20 Å². The molecule has 0 bridgehead atoms. The van der Waals surface area contributed by atoms with Crippen LogP contribution >= 0.6 is 15.9 Å². The highest BCUT2D eigenvalue weighted by Crippen LogP contribution is 2.33. The summed E-state index contributed by atoms with van der Waals surface area (Å²) in [5.74, 6) is 0. The van der Waals surface area contributed by atoms with Crippen LogP contribution in [0.1, 0.15) is 22.9 Å². The van der Waals surface area contributed by atoms with Crippen LogP contribution in [-0.2, 0) is 14.1 Å². The van der Waals surface area contributed by atoms with Crippen LogP contribution in [0.15, 0.2) is 23.1 Å². The smallest absolute Gasteiger partial charge is 0.259 e. The molecule has 0 N–H and O–H groups in total. The Kier molecular flexibility index (Phi) is 2.97. The van der Waals surface area contributed by atoms with Crippen LogP contribution in [-0.4, -0.2) is 14.3 Å². The van der Waals surface area contributed by atoms with E-state index in [1.165, 1.54) is 0 Å². The monoisotopic (exact) mass is 333 g/mol. The van der Waals surface area contributed by atoms with Gasteiger partial charge in [0.25, 0.3) is 5.56 Å². The van der Waals surface area contributed by atoms with Crippen molar-refractivity contribution < 1.29 is 0 Å². The molecular formula is C15H16BrN3O. The zero-order valence-corrected chi connectivity index (χ0v) is 13.5. The third kappa shape index (κ3) is 1.73. The fourth-order valence-corrected chi connectivity index (χ4v) is 3.24. The first kappa shape index (κ1) is 13.4. The largest absolute Gasteiger partial charge is 0.296 e. The van der Waals surface area contributed by atoms with Gasteiger partial charge in [-0.2, -0.15) is 5.10 Å². The average molecular weight is 334 g/mol. The van der Waals surface area contributed by atoms with E-state index < -0.39 is 0 Å². The van der Waals surface area contributed by atoms with Crippen molar-refractivity contribution >= 4 is 37.7 Å². The van der Waals surface area contributed by atoms with Gasteiger partial charge in [0.1, 0.15) is 5.65 Å². The molecule has 0 amide bonds. The quantitative estimate of drug-likeness (QED) is 0.641. The lowest BCUT2D eigenvalue weighted by Gasteiger charge is -2.13. The number of benzene rings is 1. The van der Waals surface area contributed by atoms with Gasteiger partial charge in [-0.25, -0.2) is 0 Å². The number of aromatic nitrogens is 3. The van der Waals surface area contributed by atoms with E-state index in [1.807, 2.05) is 26.2 Å². The molecule has 0 radical (unpaired) electrons. The normalized spacial score (nSPS) is 13.2. The molecule has 3 rings (SSSR count). The number of hydrogen-bond donors (Lipinski definition) is 0. The van der Waals surface area contributed by atoms with Crippen molar-refractivity contribution in [3.8, 4) is 0 Å². The number of rotatable bonds is 1. The van der Waals surface area contributed by atoms with Crippen molar-refractivity contribution in [2.45, 2.75) is 18.7 Å². The summed E-state index contributed by atoms with van der Waals surface area (Å²) in [5, 5.41) is 7.10. The van der Waals surface area contributed by atoms with E-state index in [1.54, 1.807) is 16.3 Å². The van der Waals surface area contributed by atoms with Gasteiger partial charge in [-0.1, -0.05) is 22.0 Å². The second-order valence-electron chi connectivity index (χ2n) is 5.26. The highest BCUT2D eigenvalue weighted by Gasteiger charge is 2.17. The minimum atomic E-state index is 0.0224. The lowest BCUT2D eigenvalue weighted by atomic mass is 9.99. The molecule has 0 fully saturated rings. The van der Waals surface area contributed by atoms with Crippen molar-refractivity contribution in [3.05, 3.63) is 39.8 Å². The highest BCUT2D eigenvalue weighted by atomic mass is 79.9. The first-order valence-corrected chi connectivity index (χ1v) is 7.42. The molecule has 104 valence electrons. The van der Waals surface area contributed by atoms with E-state index in [9.17, 15) is 4.79 Å². The van der Waals surface area contributed by atoms with Crippen molar-refractivity contribution in [3.63, 3.8) is 0 Å². The third-order valence-corrected chi connectivity index (χ3v) is 4.26. The lowest BCUT2D eigenvalue weighted by Crippen LogP contribution is -2.19. The van der Waals surface area contributed by atoms with Gasteiger partial charge >= 0.3 is 0 Å². The highest BCUT2D eigenvalue weighted by molar-refractivity contribution is 9.09. The molecule has 2 heterocycles. The first-order chi connectivity index (χ1) is 9.41. The number of alkyl halides is 1. The molecule has 1 atom stereocenters. The zero-order chi connectivity index (χ0) is 14.6. The SMILES string of the molecule is Cc1cc(C(C)Br)c2c(c1)c(=O)n(C)c1c2cnn1C. The Bertz CT molecular complexity index is 890. The number of halogens is 1. The van der Waals surface area contributed by atoms with Crippen molar-refractivity contribution in [2.75, 3.05) is 0 Å². The zero-order valence-electron chi connectivity index (χ0n) is 11.9. The van der Waals surface area contributed by atoms with Gasteiger partial charge in [-0.05, 0) is 31.0 Å². The average Bonchev–Trinajstić information content (AvgIpc) is 2.77. The molecule has 1 aromatic carbocycles. The standard InChI is InChI=1S/C15H16BrN3O/c1-8-5-10(9(2)16)13-11(6-8)15(20)18(3)14-12(13)7-17-19(14)4/h5-7,9H,1-4H3. The van der Waals surface area contributed by atoms with Gasteiger partial charge in [0.2, 0.25) is 0 Å². The summed E-state index contributed by atoms with van der Waals surface area (Å²) in [6, 6.07) is 4.09. The number of pyridine rings is 1. The molecule has 0 aliphatic rings. The Balaban J connectivity index is 2.70. The lowest BCUT2D eigenvalue weighted by molar-refractivity contribution is 0.749. The van der Waals surface area contributed by atoms with Crippen molar-refractivity contribution in [1.29, 1.82) is 0 Å². The Morgan fingerprint density at radius 1 is 1.25 bits per heavy atom. The fraction of sp³-hybridized carbons (Fsp3) is 0.333. The number of hydrogen-bond acceptors (Lipinski definition) is 2. The van der Waals surface area contributed by atoms with Crippen LogP contribution < -0.4 is 5.56 Å². The van der Waals surface area contributed by atoms with Crippen LogP contribution in [0.3, 0.4) is 0 Å². The van der Waals surface area contributed by atoms with Crippen LogP contribution in [0, 0.1) is 6.92 Å². The van der Waals surface area contributed by atoms with E-state index in [-0.39, 0.29) is 10.4 Å². The molecule has 0 spiro atoms. The maximum Gasteiger partial charge on any atom is 0.259 e. The first-order valence-electron chi connectivity index (χ1n) is 6.51. The molecule has 5 heteroatoms. The molecule has 0 aliphatic heterocycles. The Morgan fingerprint density at radius 3 is 2.60 bits per heavy atom. The maximum absolute atomic E-state index is 12.6. The molecule has 0 saturated carbocycles. The predicted octanol–water partition coefficient (Wildman–Crippen LogP) is 3.19. The van der Waals surface area contributed by atoms with Crippen LogP contribution in [0.25, 0.3) is 21.8 Å². The fourth-order valence-electron chi connectivity index (χ4n) is 2.88. The van der Waals surface area contributed by atoms with E-state index in [0.29, 0.717) is 0 Å². The summed E-state index contributed by atoms with van der Waals surface area (Å²) < 4.78 is 3.42. The van der Waals surface area contributed by atoms with Gasteiger partial charge < -0.3 is 0 Å². The Hall–Kier alpha value is -1.62. The summed E-state index contributed by atoms with van der Waals surface area (Å²) >= 11 is 3.64. The minimum Gasteiger partial charge on any atom is -0.296 e. The van der Waals surface area contributed by atoms with Gasteiger partial charge in [-0.15, -0.1) is 0 Å². The Labute approximate surface area is 125 Å². The summed E-state index contributed by atoms with van der Waals surface area (Å²) in [7, 11) is 3.66. The summed E-state index contributed by atoms with van der Waals surface area (Å²) in [4.78, 5) is 12.8. The van der Waals surface area contributed by atoms with Gasteiger partial charge in [0.15, 0.2) is 0 Å². The predicted molar refractivity (Wildman–Crippen MR) is 85.5 cm³/mol. The van der Waals surface area contributed by atoms with E-state index in [2.05, 4.69) is 34.0 Å². The van der Waals surface area contributed by atoms with Crippen LogP contribution in [0.2, 0.25) is 0 Å². The molecule has 4 nitrogen and oxygen atoms in total. The molecule has 0 aliphatic carbocycles. The summed E-state index contributed by atoms with van der Waals surface area (Å²) in [5.41, 5.74) is 3.10. The van der Waals surface area contributed by atoms with Gasteiger partial charge in [-0.3, -0.25) is 14.0 Å². The number of aryl methyl sites for hydroxylation is 3. The number of nitrogens with zero attached hydrogens (tertiary/aromatic N) is 3. The molecule has 1 unspecified atom stereocenters. The third-order valence-electron chi connectivity index (χ3n) is 3.77. The maximum atomic E-state index is 12.6. The van der Waals surface area contributed by atoms with E-state index in [4.69, 9.17) is 0 Å². The molecular weight excluding hydrogens is 318 g/mol. The van der Waals surface area contributed by atoms with Crippen LogP contribution in [0.4, 0.5) is 0 Å². The van der Waals surface area contributed by atoms with Crippen molar-refractivity contribution in [2.24, 2.45) is 14.1 Å². The van der Waals surface area contributed by atoms with Gasteiger partial charge in [0, 0.05) is 35.1 Å². The Morgan fingerprint density at radius 2 is 1.95 bits per heavy atom. The van der Waals surface area contributed by atoms with Crippen molar-refractivity contribution in [1.82, 2.24) is 14.3 Å². The minimum absolute atomic E-state index is 0.0224. The second-order valence-corrected chi connectivity index (χ2v) is 6.64.